The minimum atomic E-state index is -1.05. The van der Waals surface area contributed by atoms with Gasteiger partial charge < -0.3 is 15.3 Å². The molecule has 0 radical (unpaired) electrons. The molecule has 37 heavy (non-hydrogen) atoms. The summed E-state index contributed by atoms with van der Waals surface area (Å²) in [5.41, 5.74) is 4.16. The number of hydrogen-bond donors (Lipinski definition) is 2. The number of rotatable bonds is 8. The van der Waals surface area contributed by atoms with Crippen LogP contribution in [0, 0.1) is 5.92 Å². The van der Waals surface area contributed by atoms with E-state index in [4.69, 9.17) is 0 Å². The maximum atomic E-state index is 12.8. The minimum absolute atomic E-state index is 0.209. The van der Waals surface area contributed by atoms with Crippen molar-refractivity contribution in [2.45, 2.75) is 19.9 Å². The van der Waals surface area contributed by atoms with Crippen LogP contribution < -0.4 is 5.32 Å². The van der Waals surface area contributed by atoms with Crippen molar-refractivity contribution < 1.29 is 19.5 Å². The van der Waals surface area contributed by atoms with Crippen LogP contribution in [0.2, 0.25) is 0 Å². The second-order valence-electron chi connectivity index (χ2n) is 8.95. The van der Waals surface area contributed by atoms with Gasteiger partial charge in [0.05, 0.1) is 4.88 Å². The molecule has 4 aromatic rings. The average Bonchev–Trinajstić information content (AvgIpc) is 3.39. The van der Waals surface area contributed by atoms with E-state index in [1.54, 1.807) is 44.3 Å². The topological polar surface area (TPSA) is 99.6 Å². The Morgan fingerprint density at radius 1 is 0.865 bits per heavy atom. The third-order valence-electron chi connectivity index (χ3n) is 5.99. The summed E-state index contributed by atoms with van der Waals surface area (Å²) in [6.45, 7) is 3.52. The summed E-state index contributed by atoms with van der Waals surface area (Å²) >= 11 is 1.20. The van der Waals surface area contributed by atoms with E-state index >= 15 is 0 Å². The molecule has 1 unspecified atom stereocenters. The summed E-state index contributed by atoms with van der Waals surface area (Å²) in [6, 6.07) is 23.7. The third-order valence-corrected chi connectivity index (χ3v) is 7.03. The van der Waals surface area contributed by atoms with Crippen LogP contribution in [-0.2, 0) is 4.79 Å². The van der Waals surface area contributed by atoms with Gasteiger partial charge in [0.1, 0.15) is 6.04 Å². The third kappa shape index (κ3) is 5.92. The molecule has 0 aliphatic rings. The number of likely N-dealkylation sites (N-methyl/N-ethyl adjacent to an activating group) is 1. The fourth-order valence-electron chi connectivity index (χ4n) is 4.05. The fraction of sp³-hybridized carbons (Fsp3) is 0.172. The van der Waals surface area contributed by atoms with E-state index < -0.39 is 17.9 Å². The predicted octanol–water partition coefficient (Wildman–Crippen LogP) is 5.91. The molecular weight excluding hydrogens is 486 g/mol. The summed E-state index contributed by atoms with van der Waals surface area (Å²) in [5.74, 6) is -1.93. The highest BCUT2D eigenvalue weighted by Crippen LogP contribution is 2.29. The van der Waals surface area contributed by atoms with Gasteiger partial charge in [-0.25, -0.2) is 9.78 Å². The molecular formula is C29H27N3O4S. The van der Waals surface area contributed by atoms with Crippen LogP contribution >= 0.6 is 11.3 Å². The number of anilines is 1. The summed E-state index contributed by atoms with van der Waals surface area (Å²) in [5, 5.41) is 12.6. The zero-order valence-corrected chi connectivity index (χ0v) is 21.5. The average molecular weight is 514 g/mol. The molecule has 1 aromatic heterocycles. The summed E-state index contributed by atoms with van der Waals surface area (Å²) in [4.78, 5) is 43.3. The van der Waals surface area contributed by atoms with Crippen molar-refractivity contribution in [2.75, 3.05) is 12.4 Å². The Kier molecular flexibility index (Phi) is 7.79. The smallest absolute Gasteiger partial charge is 0.326 e. The molecule has 1 heterocycles. The van der Waals surface area contributed by atoms with Crippen molar-refractivity contribution in [3.05, 3.63) is 95.6 Å². The molecule has 3 aromatic carbocycles. The highest BCUT2D eigenvalue weighted by atomic mass is 32.1. The number of carboxylic acid groups (broad SMARTS) is 1. The molecule has 0 spiro atoms. The van der Waals surface area contributed by atoms with Gasteiger partial charge in [-0.1, -0.05) is 68.4 Å². The Morgan fingerprint density at radius 3 is 2.05 bits per heavy atom. The second kappa shape index (κ2) is 11.2. The minimum Gasteiger partial charge on any atom is -0.480 e. The first-order valence-electron chi connectivity index (χ1n) is 11.8. The van der Waals surface area contributed by atoms with Gasteiger partial charge in [0.25, 0.3) is 11.8 Å². The van der Waals surface area contributed by atoms with Gasteiger partial charge in [0.15, 0.2) is 5.01 Å². The molecule has 0 aliphatic heterocycles. The number of aliphatic carboxylic acids is 1. The number of nitrogens with zero attached hydrogens (tertiary/aromatic N) is 2. The zero-order valence-electron chi connectivity index (χ0n) is 20.7. The van der Waals surface area contributed by atoms with Crippen LogP contribution in [-0.4, -0.2) is 45.9 Å². The zero-order chi connectivity index (χ0) is 26.5. The van der Waals surface area contributed by atoms with E-state index in [1.807, 2.05) is 54.6 Å². The Bertz CT molecular complexity index is 1400. The number of carbonyl (C=O) groups is 3. The van der Waals surface area contributed by atoms with Gasteiger partial charge in [-0.3, -0.25) is 9.59 Å². The lowest BCUT2D eigenvalue weighted by Crippen LogP contribution is -2.45. The second-order valence-corrected chi connectivity index (χ2v) is 9.98. The van der Waals surface area contributed by atoms with Crippen LogP contribution in [0.3, 0.4) is 0 Å². The number of aromatic nitrogens is 1. The first kappa shape index (κ1) is 25.8. The molecule has 0 fully saturated rings. The van der Waals surface area contributed by atoms with Gasteiger partial charge in [-0.15, -0.1) is 11.3 Å². The number of thiazole rings is 1. The van der Waals surface area contributed by atoms with Crippen molar-refractivity contribution in [3.63, 3.8) is 0 Å². The van der Waals surface area contributed by atoms with E-state index in [9.17, 15) is 19.5 Å². The summed E-state index contributed by atoms with van der Waals surface area (Å²) in [7, 11) is 1.48. The van der Waals surface area contributed by atoms with Gasteiger partial charge in [-0.05, 0) is 46.9 Å². The number of nitrogens with one attached hydrogen (secondary N) is 1. The lowest BCUT2D eigenvalue weighted by Gasteiger charge is -2.26. The molecule has 188 valence electrons. The van der Waals surface area contributed by atoms with Crippen molar-refractivity contribution >= 4 is 34.8 Å². The van der Waals surface area contributed by atoms with Crippen molar-refractivity contribution in [2.24, 2.45) is 5.92 Å². The van der Waals surface area contributed by atoms with Gasteiger partial charge in [-0.2, -0.15) is 0 Å². The van der Waals surface area contributed by atoms with Crippen LogP contribution in [0.1, 0.15) is 34.0 Å². The first-order chi connectivity index (χ1) is 17.7. The highest BCUT2D eigenvalue weighted by Gasteiger charge is 2.31. The quantitative estimate of drug-likeness (QED) is 0.305. The Hall–Kier alpha value is -4.30. The van der Waals surface area contributed by atoms with Crippen LogP contribution in [0.4, 0.5) is 5.69 Å². The number of amides is 2. The lowest BCUT2D eigenvalue weighted by molar-refractivity contribution is -0.143. The maximum Gasteiger partial charge on any atom is 0.326 e. The first-order valence-corrected chi connectivity index (χ1v) is 12.6. The van der Waals surface area contributed by atoms with Crippen LogP contribution in [0.5, 0.6) is 0 Å². The molecule has 0 saturated heterocycles. The number of hydrogen-bond acceptors (Lipinski definition) is 5. The summed E-state index contributed by atoms with van der Waals surface area (Å²) in [6.07, 6.45) is 1.60. The normalized spacial score (nSPS) is 11.7. The molecule has 8 heteroatoms. The lowest BCUT2D eigenvalue weighted by atomic mass is 10.0. The van der Waals surface area contributed by atoms with E-state index in [2.05, 4.69) is 10.3 Å². The van der Waals surface area contributed by atoms with Crippen molar-refractivity contribution in [1.82, 2.24) is 9.88 Å². The van der Waals surface area contributed by atoms with Gasteiger partial charge >= 0.3 is 5.97 Å². The van der Waals surface area contributed by atoms with Gasteiger partial charge in [0, 0.05) is 24.5 Å². The van der Waals surface area contributed by atoms with Crippen LogP contribution in [0.15, 0.2) is 85.1 Å². The Balaban J connectivity index is 1.41. The van der Waals surface area contributed by atoms with E-state index in [0.29, 0.717) is 11.3 Å². The molecule has 2 amide bonds. The van der Waals surface area contributed by atoms with Gasteiger partial charge in [0.2, 0.25) is 0 Å². The number of carbonyl (C=O) groups excluding carboxylic acids is 2. The fourth-order valence-corrected chi connectivity index (χ4v) is 4.95. The molecule has 7 nitrogen and oxygen atoms in total. The maximum absolute atomic E-state index is 12.8. The highest BCUT2D eigenvalue weighted by molar-refractivity contribution is 7.16. The number of carboxylic acids is 1. The molecule has 0 bridgehead atoms. The van der Waals surface area contributed by atoms with Crippen LogP contribution in [0.25, 0.3) is 21.6 Å². The molecule has 2 N–H and O–H groups in total. The molecule has 1 atom stereocenters. The van der Waals surface area contributed by atoms with Crippen molar-refractivity contribution in [1.29, 1.82) is 0 Å². The Labute approximate surface area is 219 Å². The standard InChI is InChI=1S/C29H27N3O4S/c1-18(2)25(29(35)36)32(3)28(34)27-30-17-24(37-27)21-13-15-23(16-14-21)31-26(33)22-11-9-20(10-12-22)19-7-5-4-6-8-19/h4-18,25H,1-3H3,(H,31,33)(H,35,36). The van der Waals surface area contributed by atoms with Crippen molar-refractivity contribution in [3.8, 4) is 21.6 Å². The largest absolute Gasteiger partial charge is 0.480 e. The van der Waals surface area contributed by atoms with E-state index in [0.717, 1.165) is 21.6 Å². The monoisotopic (exact) mass is 513 g/mol. The van der Waals surface area contributed by atoms with E-state index in [1.165, 1.54) is 23.3 Å². The Morgan fingerprint density at radius 2 is 1.46 bits per heavy atom. The SMILES string of the molecule is CC(C)C(C(=O)O)N(C)C(=O)c1ncc(-c2ccc(NC(=O)c3ccc(-c4ccccc4)cc3)cc2)s1. The molecule has 4 rings (SSSR count). The molecule has 0 saturated carbocycles. The van der Waals surface area contributed by atoms with E-state index in [-0.39, 0.29) is 16.8 Å². The predicted molar refractivity (Wildman–Crippen MR) is 146 cm³/mol. The molecule has 0 aliphatic carbocycles. The summed E-state index contributed by atoms with van der Waals surface area (Å²) < 4.78 is 0. The number of benzene rings is 3.